The summed E-state index contributed by atoms with van der Waals surface area (Å²) in [4.78, 5) is 14.9. The number of hydrogen-bond donors (Lipinski definition) is 0. The Balaban J connectivity index is 3.77. The highest BCUT2D eigenvalue weighted by Crippen LogP contribution is 2.25. The third-order valence-corrected chi connectivity index (χ3v) is 2.75. The van der Waals surface area contributed by atoms with Crippen molar-refractivity contribution in [1.82, 2.24) is 0 Å². The molecule has 0 aliphatic rings. The van der Waals surface area contributed by atoms with Gasteiger partial charge in [0, 0.05) is 0 Å². The quantitative estimate of drug-likeness (QED) is 0.363. The summed E-state index contributed by atoms with van der Waals surface area (Å²) >= 11 is 0. The number of ether oxygens (including phenoxy) is 1. The lowest BCUT2D eigenvalue weighted by Gasteiger charge is -2.21. The van der Waals surface area contributed by atoms with E-state index in [1.807, 2.05) is 20.8 Å². The number of esters is 1. The van der Waals surface area contributed by atoms with Crippen LogP contribution in [-0.2, 0) is 9.53 Å². The molecule has 0 saturated heterocycles. The van der Waals surface area contributed by atoms with Gasteiger partial charge in [0.2, 0.25) is 0 Å². The van der Waals surface area contributed by atoms with Gasteiger partial charge in [-0.25, -0.2) is 4.85 Å². The normalized spacial score (nSPS) is 10.7. The predicted molar refractivity (Wildman–Crippen MR) is 69.2 cm³/mol. The second-order valence-corrected chi connectivity index (χ2v) is 4.84. The van der Waals surface area contributed by atoms with E-state index in [4.69, 9.17) is 11.3 Å². The number of nitrogens with zero attached hydrogens (tertiary/aromatic N) is 1. The molecular weight excluding hydrogens is 214 g/mol. The first-order valence-corrected chi connectivity index (χ1v) is 6.16. The van der Waals surface area contributed by atoms with Gasteiger partial charge in [-0.1, -0.05) is 25.8 Å². The van der Waals surface area contributed by atoms with E-state index in [9.17, 15) is 4.79 Å². The lowest BCUT2D eigenvalue weighted by atomic mass is 9.87. The summed E-state index contributed by atoms with van der Waals surface area (Å²) in [7, 11) is 0. The van der Waals surface area contributed by atoms with Crippen LogP contribution in [0.5, 0.6) is 0 Å². The van der Waals surface area contributed by atoms with E-state index in [0.29, 0.717) is 12.3 Å². The van der Waals surface area contributed by atoms with Crippen molar-refractivity contribution >= 4 is 5.97 Å². The van der Waals surface area contributed by atoms with Crippen LogP contribution >= 0.6 is 0 Å². The van der Waals surface area contributed by atoms with Crippen LogP contribution in [0.15, 0.2) is 12.3 Å². The van der Waals surface area contributed by atoms with Crippen molar-refractivity contribution in [1.29, 1.82) is 0 Å². The first-order valence-electron chi connectivity index (χ1n) is 6.16. The Morgan fingerprint density at radius 1 is 1.35 bits per heavy atom. The Morgan fingerprint density at radius 3 is 2.53 bits per heavy atom. The van der Waals surface area contributed by atoms with Gasteiger partial charge in [-0.3, -0.25) is 4.79 Å². The summed E-state index contributed by atoms with van der Waals surface area (Å²) < 4.78 is 5.03. The first kappa shape index (κ1) is 15.7. The molecule has 0 radical (unpaired) electrons. The topological polar surface area (TPSA) is 30.7 Å². The number of rotatable bonds is 8. The van der Waals surface area contributed by atoms with Gasteiger partial charge in [-0.2, -0.15) is 0 Å². The molecule has 0 fully saturated rings. The molecule has 0 spiro atoms. The summed E-state index contributed by atoms with van der Waals surface area (Å²) in [6.45, 7) is 16.5. The standard InChI is InChI=1S/C14H23NO2/c1-6-17-13(16)14(3,4)11-9-7-8-10-12(2)15-5/h2,6-11H2,1,3-4H3. The van der Waals surface area contributed by atoms with Gasteiger partial charge >= 0.3 is 5.97 Å². The Kier molecular flexibility index (Phi) is 7.29. The highest BCUT2D eigenvalue weighted by Gasteiger charge is 2.28. The van der Waals surface area contributed by atoms with Gasteiger partial charge in [0.1, 0.15) is 0 Å². The van der Waals surface area contributed by atoms with Crippen molar-refractivity contribution in [2.75, 3.05) is 6.61 Å². The molecule has 0 atom stereocenters. The molecule has 3 heteroatoms. The molecule has 0 heterocycles. The molecule has 3 nitrogen and oxygen atoms in total. The van der Waals surface area contributed by atoms with Crippen LogP contribution in [0.3, 0.4) is 0 Å². The van der Waals surface area contributed by atoms with E-state index >= 15 is 0 Å². The maximum absolute atomic E-state index is 11.6. The zero-order valence-corrected chi connectivity index (χ0v) is 11.2. The van der Waals surface area contributed by atoms with Gasteiger partial charge in [0.05, 0.1) is 18.6 Å². The summed E-state index contributed by atoms with van der Waals surface area (Å²) in [6.07, 6.45) is 4.58. The van der Waals surface area contributed by atoms with Gasteiger partial charge in [0.15, 0.2) is 5.70 Å². The van der Waals surface area contributed by atoms with Crippen LogP contribution in [0.25, 0.3) is 4.85 Å². The van der Waals surface area contributed by atoms with Gasteiger partial charge in [-0.05, 0) is 33.6 Å². The van der Waals surface area contributed by atoms with Crippen LogP contribution in [0, 0.1) is 12.0 Å². The molecule has 0 aromatic heterocycles. The number of hydrogen-bond acceptors (Lipinski definition) is 2. The molecule has 0 aromatic rings. The van der Waals surface area contributed by atoms with Gasteiger partial charge < -0.3 is 4.74 Å². The second kappa shape index (κ2) is 7.89. The van der Waals surface area contributed by atoms with Crippen molar-refractivity contribution in [3.63, 3.8) is 0 Å². The molecule has 0 amide bonds. The van der Waals surface area contributed by atoms with E-state index in [1.54, 1.807) is 0 Å². The van der Waals surface area contributed by atoms with E-state index < -0.39 is 5.41 Å². The minimum absolute atomic E-state index is 0.120. The Bertz CT molecular complexity index is 300. The monoisotopic (exact) mass is 237 g/mol. The smallest absolute Gasteiger partial charge is 0.311 e. The molecule has 96 valence electrons. The van der Waals surface area contributed by atoms with Gasteiger partial charge in [-0.15, -0.1) is 0 Å². The number of unbranched alkanes of at least 4 members (excludes halogenated alkanes) is 2. The van der Waals surface area contributed by atoms with Crippen LogP contribution in [0.2, 0.25) is 0 Å². The summed E-state index contributed by atoms with van der Waals surface area (Å²) in [5.74, 6) is -0.120. The van der Waals surface area contributed by atoms with Crippen molar-refractivity contribution in [3.05, 3.63) is 23.7 Å². The van der Waals surface area contributed by atoms with Crippen molar-refractivity contribution in [2.24, 2.45) is 5.41 Å². The van der Waals surface area contributed by atoms with E-state index in [-0.39, 0.29) is 5.97 Å². The lowest BCUT2D eigenvalue weighted by Crippen LogP contribution is -2.26. The molecule has 0 aliphatic heterocycles. The molecule has 0 aliphatic carbocycles. The maximum Gasteiger partial charge on any atom is 0.311 e. The minimum atomic E-state index is -0.396. The van der Waals surface area contributed by atoms with Crippen molar-refractivity contribution in [2.45, 2.75) is 52.9 Å². The predicted octanol–water partition coefficient (Wildman–Crippen LogP) is 3.96. The SMILES string of the molecule is [C-]#[N+]C(=C)CCCCCC(C)(C)C(=O)OCC. The third kappa shape index (κ3) is 6.78. The largest absolute Gasteiger partial charge is 0.466 e. The van der Waals surface area contributed by atoms with Crippen molar-refractivity contribution < 1.29 is 9.53 Å². The minimum Gasteiger partial charge on any atom is -0.466 e. The average molecular weight is 237 g/mol. The lowest BCUT2D eigenvalue weighted by molar-refractivity contribution is -0.153. The summed E-state index contributed by atoms with van der Waals surface area (Å²) in [6, 6.07) is 0. The second-order valence-electron chi connectivity index (χ2n) is 4.84. The molecule has 0 aromatic carbocycles. The molecular formula is C14H23NO2. The fourth-order valence-electron chi connectivity index (χ4n) is 1.56. The summed E-state index contributed by atoms with van der Waals surface area (Å²) in [5.41, 5.74) is 0.224. The Morgan fingerprint density at radius 2 is 2.00 bits per heavy atom. The Hall–Kier alpha value is -1.30. The zero-order valence-electron chi connectivity index (χ0n) is 11.2. The van der Waals surface area contributed by atoms with Crippen LogP contribution in [0.4, 0.5) is 0 Å². The fraction of sp³-hybridized carbons (Fsp3) is 0.714. The molecule has 0 unspecified atom stereocenters. The van der Waals surface area contributed by atoms with Crippen LogP contribution < -0.4 is 0 Å². The molecule has 17 heavy (non-hydrogen) atoms. The number of carbonyl (C=O) groups excluding carboxylic acids is 1. The third-order valence-electron chi connectivity index (χ3n) is 2.75. The fourth-order valence-corrected chi connectivity index (χ4v) is 1.56. The highest BCUT2D eigenvalue weighted by molar-refractivity contribution is 5.75. The number of carbonyl (C=O) groups is 1. The maximum atomic E-state index is 11.6. The number of allylic oxidation sites excluding steroid dienone is 1. The molecule has 0 rings (SSSR count). The zero-order chi connectivity index (χ0) is 13.3. The van der Waals surface area contributed by atoms with E-state index in [1.165, 1.54) is 0 Å². The van der Waals surface area contributed by atoms with E-state index in [2.05, 4.69) is 11.4 Å². The highest BCUT2D eigenvalue weighted by atomic mass is 16.5. The summed E-state index contributed by atoms with van der Waals surface area (Å²) in [5, 5.41) is 0. The molecule has 0 saturated carbocycles. The first-order chi connectivity index (χ1) is 7.94. The van der Waals surface area contributed by atoms with Gasteiger partial charge in [0.25, 0.3) is 0 Å². The van der Waals surface area contributed by atoms with Crippen molar-refractivity contribution in [3.8, 4) is 0 Å². The van der Waals surface area contributed by atoms with E-state index in [0.717, 1.165) is 32.1 Å². The average Bonchev–Trinajstić information content (AvgIpc) is 2.28. The van der Waals surface area contributed by atoms with Crippen LogP contribution in [-0.4, -0.2) is 12.6 Å². The van der Waals surface area contributed by atoms with Crippen LogP contribution in [0.1, 0.15) is 52.9 Å². The Labute approximate surface area is 105 Å². The molecule has 0 bridgehead atoms. The molecule has 0 N–H and O–H groups in total.